The van der Waals surface area contributed by atoms with E-state index in [-0.39, 0.29) is 18.3 Å². The molecule has 1 aromatic rings. The number of likely N-dealkylation sites (N-methyl/N-ethyl adjacent to an activating group) is 2. The molecule has 0 aromatic heterocycles. The Balaban J connectivity index is 0.00000441. The van der Waals surface area contributed by atoms with Gasteiger partial charge in [-0.1, -0.05) is 32.0 Å². The van der Waals surface area contributed by atoms with Gasteiger partial charge in [-0.3, -0.25) is 4.79 Å². The van der Waals surface area contributed by atoms with Crippen molar-refractivity contribution in [2.45, 2.75) is 20.4 Å². The molecule has 0 fully saturated rings. The molecule has 0 radical (unpaired) electrons. The summed E-state index contributed by atoms with van der Waals surface area (Å²) in [6.07, 6.45) is 0. The first-order chi connectivity index (χ1) is 10.2. The Labute approximate surface area is 139 Å². The van der Waals surface area contributed by atoms with Crippen molar-refractivity contribution in [3.63, 3.8) is 0 Å². The Kier molecular flexibility index (Phi) is 11.5. The van der Waals surface area contributed by atoms with Crippen LogP contribution in [-0.2, 0) is 11.3 Å². The number of para-hydroxylation sites is 1. The zero-order valence-corrected chi connectivity index (χ0v) is 14.5. The van der Waals surface area contributed by atoms with Gasteiger partial charge in [0.25, 0.3) is 0 Å². The van der Waals surface area contributed by atoms with Crippen LogP contribution in [0.2, 0.25) is 0 Å². The van der Waals surface area contributed by atoms with Crippen LogP contribution < -0.4 is 15.4 Å². The standard InChI is InChI=1S/C16H27N3O2.ClH/c1-4-19(5-2)10-11-21-15-9-7-6-8-14(15)12-18-16(20)13-17-3;/h6-9,17H,4-5,10-13H2,1-3H3,(H,18,20);1H. The van der Waals surface area contributed by atoms with E-state index >= 15 is 0 Å². The van der Waals surface area contributed by atoms with Crippen LogP contribution >= 0.6 is 12.4 Å². The third kappa shape index (κ3) is 7.64. The van der Waals surface area contributed by atoms with Crippen LogP contribution in [0.4, 0.5) is 0 Å². The van der Waals surface area contributed by atoms with Gasteiger partial charge in [0.2, 0.25) is 5.91 Å². The van der Waals surface area contributed by atoms with Crippen LogP contribution in [0.25, 0.3) is 0 Å². The molecule has 0 aliphatic carbocycles. The first-order valence-electron chi connectivity index (χ1n) is 7.55. The third-order valence-corrected chi connectivity index (χ3v) is 3.35. The van der Waals surface area contributed by atoms with Crippen molar-refractivity contribution < 1.29 is 9.53 Å². The minimum absolute atomic E-state index is 0. The number of hydrogen-bond donors (Lipinski definition) is 2. The van der Waals surface area contributed by atoms with Crippen LogP contribution in [0.5, 0.6) is 5.75 Å². The van der Waals surface area contributed by atoms with Crippen LogP contribution in [0.3, 0.4) is 0 Å². The van der Waals surface area contributed by atoms with Gasteiger partial charge in [-0.05, 0) is 26.2 Å². The van der Waals surface area contributed by atoms with Gasteiger partial charge in [0, 0.05) is 18.7 Å². The molecule has 0 aliphatic heterocycles. The first-order valence-corrected chi connectivity index (χ1v) is 7.55. The fraction of sp³-hybridized carbons (Fsp3) is 0.562. The molecule has 0 atom stereocenters. The summed E-state index contributed by atoms with van der Waals surface area (Å²) in [7, 11) is 1.75. The maximum absolute atomic E-state index is 11.5. The van der Waals surface area contributed by atoms with Gasteiger partial charge in [0.1, 0.15) is 12.4 Å². The highest BCUT2D eigenvalue weighted by Gasteiger charge is 2.06. The van der Waals surface area contributed by atoms with Gasteiger partial charge in [-0.15, -0.1) is 12.4 Å². The number of amides is 1. The molecule has 1 amide bonds. The van der Waals surface area contributed by atoms with E-state index < -0.39 is 0 Å². The van der Waals surface area contributed by atoms with Crippen molar-refractivity contribution in [3.05, 3.63) is 29.8 Å². The zero-order chi connectivity index (χ0) is 15.5. The molecule has 6 heteroatoms. The normalized spacial score (nSPS) is 10.2. The van der Waals surface area contributed by atoms with E-state index in [4.69, 9.17) is 4.74 Å². The molecule has 126 valence electrons. The number of nitrogens with zero attached hydrogens (tertiary/aromatic N) is 1. The Bertz CT molecular complexity index is 426. The SMILES string of the molecule is CCN(CC)CCOc1ccccc1CNC(=O)CNC.Cl. The minimum Gasteiger partial charge on any atom is -0.492 e. The van der Waals surface area contributed by atoms with Crippen molar-refractivity contribution >= 4 is 18.3 Å². The van der Waals surface area contributed by atoms with Crippen molar-refractivity contribution in [2.24, 2.45) is 0 Å². The Morgan fingerprint density at radius 2 is 1.91 bits per heavy atom. The fourth-order valence-corrected chi connectivity index (χ4v) is 2.03. The number of ether oxygens (including phenoxy) is 1. The van der Waals surface area contributed by atoms with E-state index in [9.17, 15) is 4.79 Å². The topological polar surface area (TPSA) is 53.6 Å². The van der Waals surface area contributed by atoms with E-state index in [0.29, 0.717) is 19.7 Å². The maximum Gasteiger partial charge on any atom is 0.234 e. The summed E-state index contributed by atoms with van der Waals surface area (Å²) >= 11 is 0. The minimum atomic E-state index is -0.0181. The number of hydrogen-bond acceptors (Lipinski definition) is 4. The van der Waals surface area contributed by atoms with E-state index in [1.54, 1.807) is 7.05 Å². The number of halogens is 1. The van der Waals surface area contributed by atoms with Gasteiger partial charge in [0.15, 0.2) is 0 Å². The highest BCUT2D eigenvalue weighted by atomic mass is 35.5. The Morgan fingerprint density at radius 3 is 2.55 bits per heavy atom. The van der Waals surface area contributed by atoms with Gasteiger partial charge < -0.3 is 20.3 Å². The third-order valence-electron chi connectivity index (χ3n) is 3.35. The molecule has 0 bridgehead atoms. The monoisotopic (exact) mass is 329 g/mol. The number of nitrogens with one attached hydrogen (secondary N) is 2. The largest absolute Gasteiger partial charge is 0.492 e. The second kappa shape index (κ2) is 12.3. The van der Waals surface area contributed by atoms with Crippen LogP contribution in [-0.4, -0.2) is 50.6 Å². The average Bonchev–Trinajstić information content (AvgIpc) is 2.51. The highest BCUT2D eigenvalue weighted by Crippen LogP contribution is 2.17. The van der Waals surface area contributed by atoms with Crippen LogP contribution in [0.15, 0.2) is 24.3 Å². The summed E-state index contributed by atoms with van der Waals surface area (Å²) in [5, 5.41) is 5.70. The lowest BCUT2D eigenvalue weighted by molar-refractivity contribution is -0.120. The summed E-state index contributed by atoms with van der Waals surface area (Å²) in [5.74, 6) is 0.824. The predicted molar refractivity (Wildman–Crippen MR) is 92.7 cm³/mol. The van der Waals surface area contributed by atoms with Crippen LogP contribution in [0, 0.1) is 0 Å². The molecule has 0 saturated carbocycles. The van der Waals surface area contributed by atoms with E-state index in [1.807, 2.05) is 24.3 Å². The van der Waals surface area contributed by atoms with E-state index in [0.717, 1.165) is 30.9 Å². The quantitative estimate of drug-likeness (QED) is 0.685. The first kappa shape index (κ1) is 20.7. The molecule has 0 heterocycles. The van der Waals surface area contributed by atoms with Gasteiger partial charge in [-0.25, -0.2) is 0 Å². The predicted octanol–water partition coefficient (Wildman–Crippen LogP) is 1.66. The van der Waals surface area contributed by atoms with Crippen LogP contribution in [0.1, 0.15) is 19.4 Å². The number of carbonyl (C=O) groups is 1. The summed E-state index contributed by atoms with van der Waals surface area (Å²) in [5.41, 5.74) is 1.00. The van der Waals surface area contributed by atoms with Crippen molar-refractivity contribution in [1.29, 1.82) is 0 Å². The molecule has 22 heavy (non-hydrogen) atoms. The Hall–Kier alpha value is -1.30. The van der Waals surface area contributed by atoms with E-state index in [1.165, 1.54) is 0 Å². The molecular formula is C16H28ClN3O2. The second-order valence-corrected chi connectivity index (χ2v) is 4.79. The molecule has 0 aliphatic rings. The lowest BCUT2D eigenvalue weighted by Gasteiger charge is -2.19. The summed E-state index contributed by atoms with van der Waals surface area (Å²) in [6, 6.07) is 7.83. The van der Waals surface area contributed by atoms with E-state index in [2.05, 4.69) is 29.4 Å². The molecular weight excluding hydrogens is 302 g/mol. The second-order valence-electron chi connectivity index (χ2n) is 4.79. The van der Waals surface area contributed by atoms with Crippen molar-refractivity contribution in [2.75, 3.05) is 39.8 Å². The van der Waals surface area contributed by atoms with Crippen molar-refractivity contribution in [3.8, 4) is 5.75 Å². The molecule has 1 rings (SSSR count). The molecule has 0 unspecified atom stereocenters. The molecule has 0 spiro atoms. The number of rotatable bonds is 10. The molecule has 2 N–H and O–H groups in total. The summed E-state index contributed by atoms with van der Waals surface area (Å²) in [6.45, 7) is 8.73. The average molecular weight is 330 g/mol. The lowest BCUT2D eigenvalue weighted by atomic mass is 10.2. The van der Waals surface area contributed by atoms with Gasteiger partial charge in [0.05, 0.1) is 6.54 Å². The fourth-order valence-electron chi connectivity index (χ4n) is 2.03. The van der Waals surface area contributed by atoms with Crippen molar-refractivity contribution in [1.82, 2.24) is 15.5 Å². The lowest BCUT2D eigenvalue weighted by Crippen LogP contribution is -2.32. The molecule has 0 saturated heterocycles. The van der Waals surface area contributed by atoms with Gasteiger partial charge in [-0.2, -0.15) is 0 Å². The van der Waals surface area contributed by atoms with Gasteiger partial charge >= 0.3 is 0 Å². The smallest absolute Gasteiger partial charge is 0.234 e. The summed E-state index contributed by atoms with van der Waals surface area (Å²) < 4.78 is 5.85. The summed E-state index contributed by atoms with van der Waals surface area (Å²) in [4.78, 5) is 13.8. The zero-order valence-electron chi connectivity index (χ0n) is 13.7. The molecule has 5 nitrogen and oxygen atoms in total. The molecule has 1 aromatic carbocycles. The highest BCUT2D eigenvalue weighted by molar-refractivity contribution is 5.85. The number of benzene rings is 1. The number of carbonyl (C=O) groups excluding carboxylic acids is 1. The Morgan fingerprint density at radius 1 is 1.23 bits per heavy atom. The maximum atomic E-state index is 11.5.